The predicted molar refractivity (Wildman–Crippen MR) is 154 cm³/mol. The predicted octanol–water partition coefficient (Wildman–Crippen LogP) is 8.28. The van der Waals surface area contributed by atoms with Crippen molar-refractivity contribution in [2.24, 2.45) is 23.7 Å². The van der Waals surface area contributed by atoms with Crippen molar-refractivity contribution < 1.29 is 53.5 Å². The molecule has 0 aromatic heterocycles. The molecule has 0 radical (unpaired) electrons. The molecule has 0 bridgehead atoms. The van der Waals surface area contributed by atoms with Gasteiger partial charge in [-0.3, -0.25) is 9.13 Å². The summed E-state index contributed by atoms with van der Waals surface area (Å²) >= 11 is 0. The fourth-order valence-electron chi connectivity index (χ4n) is 4.09. The van der Waals surface area contributed by atoms with Gasteiger partial charge in [-0.1, -0.05) is 107 Å². The second-order valence-corrected chi connectivity index (χ2v) is 13.8. The van der Waals surface area contributed by atoms with Crippen LogP contribution in [0.3, 0.4) is 0 Å². The van der Waals surface area contributed by atoms with Gasteiger partial charge in [0.1, 0.15) is 0 Å². The summed E-state index contributed by atoms with van der Waals surface area (Å²) in [5.74, 6) is 1.98. The minimum atomic E-state index is -4.09. The first kappa shape index (κ1) is 44.2. The van der Waals surface area contributed by atoms with Crippen LogP contribution in [0.1, 0.15) is 132 Å². The molecule has 0 spiro atoms. The van der Waals surface area contributed by atoms with Crippen molar-refractivity contribution in [1.82, 2.24) is 0 Å². The zero-order valence-electron chi connectivity index (χ0n) is 26.1. The van der Waals surface area contributed by atoms with E-state index in [9.17, 15) is 18.9 Å². The Labute approximate surface area is 251 Å². The normalized spacial score (nSPS) is 17.5. The first-order chi connectivity index (χ1) is 17.8. The van der Waals surface area contributed by atoms with Crippen molar-refractivity contribution in [2.45, 2.75) is 132 Å². The van der Waals surface area contributed by atoms with E-state index in [1.165, 1.54) is 0 Å². The van der Waals surface area contributed by atoms with Gasteiger partial charge < -0.3 is 27.9 Å². The molecule has 4 unspecified atom stereocenters. The van der Waals surface area contributed by atoms with Gasteiger partial charge in [0.05, 0.1) is 26.4 Å². The number of phosphoric acid groups is 2. The fourth-order valence-corrected chi connectivity index (χ4v) is 5.55. The third-order valence-electron chi connectivity index (χ3n) is 6.57. The van der Waals surface area contributed by atoms with Crippen LogP contribution in [-0.2, 0) is 43.7 Å². The first-order valence-corrected chi connectivity index (χ1v) is 17.9. The molecule has 240 valence electrons. The van der Waals surface area contributed by atoms with Crippen LogP contribution in [0.4, 0.5) is 0 Å². The molecule has 0 aromatic rings. The van der Waals surface area contributed by atoms with Crippen molar-refractivity contribution in [3.8, 4) is 0 Å². The molecule has 0 N–H and O–H groups in total. The van der Waals surface area contributed by atoms with Crippen LogP contribution in [-0.4, -0.2) is 26.4 Å². The molecule has 0 aliphatic heterocycles. The van der Waals surface area contributed by atoms with E-state index in [1.54, 1.807) is 0 Å². The summed E-state index contributed by atoms with van der Waals surface area (Å²) in [6, 6.07) is 0. The summed E-state index contributed by atoms with van der Waals surface area (Å²) in [4.78, 5) is 23.0. The Morgan fingerprint density at radius 3 is 0.795 bits per heavy atom. The molecule has 8 nitrogen and oxygen atoms in total. The van der Waals surface area contributed by atoms with Crippen molar-refractivity contribution in [3.63, 3.8) is 0 Å². The van der Waals surface area contributed by atoms with Crippen molar-refractivity contribution in [2.75, 3.05) is 26.4 Å². The van der Waals surface area contributed by atoms with Crippen LogP contribution >= 0.6 is 15.6 Å². The Morgan fingerprint density at radius 1 is 0.462 bits per heavy atom. The Morgan fingerprint density at radius 2 is 0.641 bits per heavy atom. The van der Waals surface area contributed by atoms with E-state index in [2.05, 4.69) is 55.4 Å². The van der Waals surface area contributed by atoms with E-state index < -0.39 is 15.6 Å². The fraction of sp³-hybridized carbons (Fsp3) is 1.00. The maximum atomic E-state index is 11.5. The van der Waals surface area contributed by atoms with Gasteiger partial charge in [0.15, 0.2) is 0 Å². The molecule has 0 fully saturated rings. The zero-order chi connectivity index (χ0) is 29.5. The Balaban J connectivity index is -0.000000648. The van der Waals surface area contributed by atoms with Gasteiger partial charge in [-0.15, -0.1) is 0 Å². The van der Waals surface area contributed by atoms with E-state index in [0.29, 0.717) is 23.7 Å². The average molecular weight is 645 g/mol. The van der Waals surface area contributed by atoms with E-state index in [1.807, 2.05) is 0 Å². The topological polar surface area (TPSA) is 117 Å². The number of hydrogen-bond acceptors (Lipinski definition) is 8. The quantitative estimate of drug-likeness (QED) is 0.0761. The molecule has 0 heterocycles. The van der Waals surface area contributed by atoms with Crippen LogP contribution in [0.2, 0.25) is 0 Å². The standard InChI is InChI=1S/2C14H31O4P.Ni/c2*1-5-7-13(3)9-11-17-19(15,16)18-12-10-14(4)8-6-2;/h2*13-14H,5-12H2,1-4H3,(H,15,16);/q;;+2/p-2. The largest absolute Gasteiger partial charge is 2.00 e. The third-order valence-corrected chi connectivity index (χ3v) is 8.56. The second-order valence-electron chi connectivity index (χ2n) is 11.0. The number of phosphoric ester groups is 2. The summed E-state index contributed by atoms with van der Waals surface area (Å²) in [6.07, 6.45) is 11.9. The van der Waals surface area contributed by atoms with Crippen molar-refractivity contribution in [3.05, 3.63) is 0 Å². The van der Waals surface area contributed by atoms with Crippen molar-refractivity contribution in [1.29, 1.82) is 0 Å². The monoisotopic (exact) mass is 644 g/mol. The van der Waals surface area contributed by atoms with E-state index in [4.69, 9.17) is 18.1 Å². The van der Waals surface area contributed by atoms with Gasteiger partial charge in [-0.2, -0.15) is 0 Å². The van der Waals surface area contributed by atoms with Gasteiger partial charge in [-0.05, 0) is 49.4 Å². The molecule has 0 amide bonds. The van der Waals surface area contributed by atoms with E-state index >= 15 is 0 Å². The van der Waals surface area contributed by atoms with Gasteiger partial charge >= 0.3 is 16.5 Å². The smallest absolute Gasteiger partial charge is 0.756 e. The summed E-state index contributed by atoms with van der Waals surface area (Å²) in [5.41, 5.74) is 0. The molecule has 4 atom stereocenters. The van der Waals surface area contributed by atoms with Crippen LogP contribution in [0, 0.1) is 23.7 Å². The molecule has 0 rings (SSSR count). The summed E-state index contributed by atoms with van der Waals surface area (Å²) in [7, 11) is -8.19. The maximum absolute atomic E-state index is 11.5. The van der Waals surface area contributed by atoms with Crippen molar-refractivity contribution >= 4 is 15.6 Å². The number of rotatable bonds is 24. The number of hydrogen-bond donors (Lipinski definition) is 0. The minimum Gasteiger partial charge on any atom is -0.756 e. The molecular formula is C28H60NiO8P2. The second kappa shape index (κ2) is 27.5. The van der Waals surface area contributed by atoms with Gasteiger partial charge in [0.25, 0.3) is 15.6 Å². The Hall–Kier alpha value is 0.714. The van der Waals surface area contributed by atoms with Crippen LogP contribution < -0.4 is 9.79 Å². The maximum Gasteiger partial charge on any atom is 2.00 e. The van der Waals surface area contributed by atoms with Crippen LogP contribution in [0.15, 0.2) is 0 Å². The molecule has 11 heteroatoms. The molecule has 0 aliphatic carbocycles. The Bertz CT molecular complexity index is 530. The third kappa shape index (κ3) is 31.5. The van der Waals surface area contributed by atoms with Gasteiger partial charge in [0, 0.05) is 0 Å². The summed E-state index contributed by atoms with van der Waals surface area (Å²) in [5, 5.41) is 0. The first-order valence-electron chi connectivity index (χ1n) is 15.0. The SMILES string of the molecule is CCCC(C)CCOP(=O)([O-])OCCC(C)CCC.CCCC(C)CCOP(=O)([O-])OCCC(C)CCC.[Ni+2]. The Kier molecular flexibility index (Phi) is 31.2. The molecular weight excluding hydrogens is 585 g/mol. The van der Waals surface area contributed by atoms with E-state index in [0.717, 1.165) is 77.0 Å². The average Bonchev–Trinajstić information content (AvgIpc) is 2.79. The van der Waals surface area contributed by atoms with E-state index in [-0.39, 0.29) is 42.9 Å². The zero-order valence-corrected chi connectivity index (χ0v) is 28.9. The molecule has 0 aromatic carbocycles. The van der Waals surface area contributed by atoms with Gasteiger partial charge in [-0.25, -0.2) is 0 Å². The van der Waals surface area contributed by atoms with Crippen LogP contribution in [0.25, 0.3) is 0 Å². The summed E-state index contributed by atoms with van der Waals surface area (Å²) in [6.45, 7) is 17.8. The molecule has 0 aliphatic rings. The molecule has 0 saturated carbocycles. The minimum absolute atomic E-state index is 0. The molecule has 0 saturated heterocycles. The molecule has 39 heavy (non-hydrogen) atoms. The van der Waals surface area contributed by atoms with Gasteiger partial charge in [0.2, 0.25) is 0 Å². The van der Waals surface area contributed by atoms with Crippen LogP contribution in [0.5, 0.6) is 0 Å². The summed E-state index contributed by atoms with van der Waals surface area (Å²) < 4.78 is 42.4.